The average molecular weight is 315 g/mol. The van der Waals surface area contributed by atoms with E-state index in [9.17, 15) is 18.0 Å². The Balaban J connectivity index is 2.17. The zero-order chi connectivity index (χ0) is 15.7. The summed E-state index contributed by atoms with van der Waals surface area (Å²) in [6, 6.07) is 0.863. The average Bonchev–Trinajstić information content (AvgIpc) is 2.77. The molecule has 1 amide bonds. The van der Waals surface area contributed by atoms with E-state index in [1.54, 1.807) is 6.92 Å². The Kier molecular flexibility index (Phi) is 4.17. The van der Waals surface area contributed by atoms with Gasteiger partial charge in [0, 0.05) is 6.54 Å². The van der Waals surface area contributed by atoms with Gasteiger partial charge in [-0.05, 0) is 31.0 Å². The lowest BCUT2D eigenvalue weighted by molar-refractivity contribution is 0.0954. The summed E-state index contributed by atoms with van der Waals surface area (Å²) in [6.45, 7) is 2.82. The molecule has 1 aromatic carbocycles. The standard InChI is InChI=1S/C13H12F3N3OS/c1-5-7(3-8(14)10(16)9(5)15)4-18-12(20)11-6(2)19-13(17)21-11/h3H,4H2,1-2H3,(H2,17,19)(H,18,20). The van der Waals surface area contributed by atoms with Crippen LogP contribution in [0.5, 0.6) is 0 Å². The first-order valence-electron chi connectivity index (χ1n) is 5.95. The lowest BCUT2D eigenvalue weighted by Gasteiger charge is -2.09. The third-order valence-electron chi connectivity index (χ3n) is 2.97. The number of hydrogen-bond acceptors (Lipinski definition) is 4. The Morgan fingerprint density at radius 1 is 1.33 bits per heavy atom. The maximum atomic E-state index is 13.4. The maximum Gasteiger partial charge on any atom is 0.263 e. The van der Waals surface area contributed by atoms with Crippen molar-refractivity contribution in [1.82, 2.24) is 10.3 Å². The third-order valence-corrected chi connectivity index (χ3v) is 3.96. The monoisotopic (exact) mass is 315 g/mol. The molecule has 1 heterocycles. The predicted molar refractivity (Wildman–Crippen MR) is 73.5 cm³/mol. The molecule has 0 saturated heterocycles. The van der Waals surface area contributed by atoms with E-state index < -0.39 is 23.4 Å². The summed E-state index contributed by atoms with van der Waals surface area (Å²) in [5, 5.41) is 2.76. The van der Waals surface area contributed by atoms with Crippen molar-refractivity contribution < 1.29 is 18.0 Å². The fourth-order valence-corrected chi connectivity index (χ4v) is 2.55. The van der Waals surface area contributed by atoms with E-state index in [1.165, 1.54) is 6.92 Å². The highest BCUT2D eigenvalue weighted by Crippen LogP contribution is 2.21. The lowest BCUT2D eigenvalue weighted by Crippen LogP contribution is -2.23. The number of rotatable bonds is 3. The molecule has 8 heteroatoms. The van der Waals surface area contributed by atoms with Gasteiger partial charge in [-0.15, -0.1) is 0 Å². The van der Waals surface area contributed by atoms with Gasteiger partial charge in [-0.3, -0.25) is 4.79 Å². The second-order valence-electron chi connectivity index (χ2n) is 4.42. The molecule has 2 aromatic rings. The fourth-order valence-electron chi connectivity index (χ4n) is 1.80. The Bertz CT molecular complexity index is 715. The largest absolute Gasteiger partial charge is 0.375 e. The minimum Gasteiger partial charge on any atom is -0.375 e. The van der Waals surface area contributed by atoms with Crippen molar-refractivity contribution in [1.29, 1.82) is 0 Å². The molecule has 0 aliphatic rings. The molecule has 4 nitrogen and oxygen atoms in total. The summed E-state index contributed by atoms with van der Waals surface area (Å²) < 4.78 is 39.6. The normalized spacial score (nSPS) is 10.7. The van der Waals surface area contributed by atoms with Crippen molar-refractivity contribution in [3.63, 3.8) is 0 Å². The van der Waals surface area contributed by atoms with Crippen molar-refractivity contribution >= 4 is 22.4 Å². The van der Waals surface area contributed by atoms with Crippen LogP contribution in [0.25, 0.3) is 0 Å². The van der Waals surface area contributed by atoms with E-state index in [0.717, 1.165) is 17.4 Å². The molecule has 3 N–H and O–H groups in total. The van der Waals surface area contributed by atoms with Crippen molar-refractivity contribution in [3.8, 4) is 0 Å². The number of halogens is 3. The number of carbonyl (C=O) groups excluding carboxylic acids is 1. The molecule has 0 saturated carbocycles. The molecular weight excluding hydrogens is 303 g/mol. The summed E-state index contributed by atoms with van der Waals surface area (Å²) in [6.07, 6.45) is 0. The van der Waals surface area contributed by atoms with E-state index in [1.807, 2.05) is 0 Å². The van der Waals surface area contributed by atoms with Gasteiger partial charge in [-0.25, -0.2) is 18.2 Å². The highest BCUT2D eigenvalue weighted by Gasteiger charge is 2.18. The first-order chi connectivity index (χ1) is 9.81. The van der Waals surface area contributed by atoms with Crippen molar-refractivity contribution in [2.45, 2.75) is 20.4 Å². The number of nitrogen functional groups attached to an aromatic ring is 1. The van der Waals surface area contributed by atoms with Gasteiger partial charge in [-0.1, -0.05) is 11.3 Å². The van der Waals surface area contributed by atoms with Gasteiger partial charge in [0.15, 0.2) is 22.6 Å². The van der Waals surface area contributed by atoms with E-state index in [-0.39, 0.29) is 22.8 Å². The van der Waals surface area contributed by atoms with Crippen LogP contribution in [0.1, 0.15) is 26.5 Å². The summed E-state index contributed by atoms with van der Waals surface area (Å²) in [5.74, 6) is -4.52. The van der Waals surface area contributed by atoms with Crippen molar-refractivity contribution in [2.75, 3.05) is 5.73 Å². The van der Waals surface area contributed by atoms with Gasteiger partial charge in [0.1, 0.15) is 4.88 Å². The molecule has 21 heavy (non-hydrogen) atoms. The van der Waals surface area contributed by atoms with Crippen LogP contribution in [0, 0.1) is 31.3 Å². The van der Waals surface area contributed by atoms with Crippen LogP contribution in [-0.2, 0) is 6.54 Å². The van der Waals surface area contributed by atoms with E-state index in [2.05, 4.69) is 10.3 Å². The predicted octanol–water partition coefficient (Wildman–Crippen LogP) is 2.69. The van der Waals surface area contributed by atoms with Gasteiger partial charge in [0.25, 0.3) is 5.91 Å². The Morgan fingerprint density at radius 2 is 2.00 bits per heavy atom. The molecular formula is C13H12F3N3OS. The summed E-state index contributed by atoms with van der Waals surface area (Å²) in [7, 11) is 0. The third kappa shape index (κ3) is 2.99. The summed E-state index contributed by atoms with van der Waals surface area (Å²) in [5.41, 5.74) is 6.08. The van der Waals surface area contributed by atoms with Crippen LogP contribution in [0.15, 0.2) is 6.07 Å². The number of thiazole rings is 1. The highest BCUT2D eigenvalue weighted by atomic mass is 32.1. The number of nitrogens with two attached hydrogens (primary N) is 1. The van der Waals surface area contributed by atoms with E-state index >= 15 is 0 Å². The number of hydrogen-bond donors (Lipinski definition) is 2. The Morgan fingerprint density at radius 3 is 2.57 bits per heavy atom. The summed E-state index contributed by atoms with van der Waals surface area (Å²) >= 11 is 1.02. The number of carbonyl (C=O) groups is 1. The van der Waals surface area contributed by atoms with E-state index in [0.29, 0.717) is 10.6 Å². The van der Waals surface area contributed by atoms with Crippen LogP contribution >= 0.6 is 11.3 Å². The highest BCUT2D eigenvalue weighted by molar-refractivity contribution is 7.17. The number of nitrogens with one attached hydrogen (secondary N) is 1. The number of amides is 1. The molecule has 1 aromatic heterocycles. The smallest absolute Gasteiger partial charge is 0.263 e. The number of nitrogens with zero attached hydrogens (tertiary/aromatic N) is 1. The number of benzene rings is 1. The molecule has 0 unspecified atom stereocenters. The second-order valence-corrected chi connectivity index (χ2v) is 5.45. The molecule has 0 aliphatic carbocycles. The van der Waals surface area contributed by atoms with Gasteiger partial charge < -0.3 is 11.1 Å². The van der Waals surface area contributed by atoms with E-state index in [4.69, 9.17) is 5.73 Å². The summed E-state index contributed by atoms with van der Waals surface area (Å²) in [4.78, 5) is 16.2. The molecule has 0 spiro atoms. The zero-order valence-electron chi connectivity index (χ0n) is 11.3. The fraction of sp³-hybridized carbons (Fsp3) is 0.231. The molecule has 2 rings (SSSR count). The molecule has 0 radical (unpaired) electrons. The van der Waals surface area contributed by atoms with Gasteiger partial charge in [0.05, 0.1) is 5.69 Å². The molecule has 0 bridgehead atoms. The van der Waals surface area contributed by atoms with Crippen LogP contribution in [0.3, 0.4) is 0 Å². The minimum atomic E-state index is -1.52. The van der Waals surface area contributed by atoms with Gasteiger partial charge >= 0.3 is 0 Å². The van der Waals surface area contributed by atoms with Gasteiger partial charge in [-0.2, -0.15) is 0 Å². The van der Waals surface area contributed by atoms with Crippen LogP contribution in [-0.4, -0.2) is 10.9 Å². The van der Waals surface area contributed by atoms with Crippen molar-refractivity contribution in [3.05, 3.63) is 45.2 Å². The molecule has 0 atom stereocenters. The quantitative estimate of drug-likeness (QED) is 0.856. The Labute approximate surface area is 122 Å². The second kappa shape index (κ2) is 5.72. The minimum absolute atomic E-state index is 0.0465. The SMILES string of the molecule is Cc1nc(N)sc1C(=O)NCc1cc(F)c(F)c(F)c1C. The molecule has 112 valence electrons. The van der Waals surface area contributed by atoms with Crippen LogP contribution in [0.4, 0.5) is 18.3 Å². The first kappa shape index (κ1) is 15.3. The topological polar surface area (TPSA) is 68.0 Å². The van der Waals surface area contributed by atoms with Crippen LogP contribution in [0.2, 0.25) is 0 Å². The van der Waals surface area contributed by atoms with Gasteiger partial charge in [0.2, 0.25) is 0 Å². The van der Waals surface area contributed by atoms with Crippen LogP contribution < -0.4 is 11.1 Å². The molecule has 0 fully saturated rings. The Hall–Kier alpha value is -2.09. The molecule has 0 aliphatic heterocycles. The maximum absolute atomic E-state index is 13.4. The lowest BCUT2D eigenvalue weighted by atomic mass is 10.1. The van der Waals surface area contributed by atoms with Crippen molar-refractivity contribution in [2.24, 2.45) is 0 Å². The zero-order valence-corrected chi connectivity index (χ0v) is 12.1. The number of aromatic nitrogens is 1. The first-order valence-corrected chi connectivity index (χ1v) is 6.77. The number of anilines is 1. The number of aryl methyl sites for hydroxylation is 1.